The average molecular weight is 348 g/mol. The maximum Gasteiger partial charge on any atom is 0.227 e. The zero-order chi connectivity index (χ0) is 17.2. The molecule has 3 aliphatic heterocycles. The summed E-state index contributed by atoms with van der Waals surface area (Å²) in [6.07, 6.45) is 9.25. The number of hydrogen-bond donors (Lipinski definition) is 0. The Bertz CT molecular complexity index is 499. The third kappa shape index (κ3) is 4.18. The number of carbonyl (C=O) groups excluding carboxylic acids is 2. The van der Waals surface area contributed by atoms with Crippen molar-refractivity contribution in [3.05, 3.63) is 0 Å². The summed E-state index contributed by atoms with van der Waals surface area (Å²) < 4.78 is 0. The van der Waals surface area contributed by atoms with Crippen LogP contribution in [0.2, 0.25) is 0 Å². The van der Waals surface area contributed by atoms with Crippen molar-refractivity contribution in [2.45, 2.75) is 51.4 Å². The lowest BCUT2D eigenvalue weighted by atomic mass is 9.96. The molecule has 5 nitrogen and oxygen atoms in total. The molecule has 2 amide bonds. The lowest BCUT2D eigenvalue weighted by Crippen LogP contribution is -2.47. The fourth-order valence-corrected chi connectivity index (χ4v) is 4.91. The molecular formula is C20H33N3O2. The molecule has 0 spiro atoms. The number of amides is 2. The van der Waals surface area contributed by atoms with Crippen LogP contribution in [-0.2, 0) is 9.59 Å². The lowest BCUT2D eigenvalue weighted by Gasteiger charge is -2.34. The van der Waals surface area contributed by atoms with Gasteiger partial charge in [0.05, 0.1) is 5.92 Å². The molecule has 3 heterocycles. The largest absolute Gasteiger partial charge is 0.342 e. The molecule has 1 aliphatic carbocycles. The second kappa shape index (κ2) is 7.65. The predicted octanol–water partition coefficient (Wildman–Crippen LogP) is 1.97. The number of piperidine rings is 2. The highest BCUT2D eigenvalue weighted by atomic mass is 16.2. The van der Waals surface area contributed by atoms with Gasteiger partial charge in [-0.25, -0.2) is 0 Å². The van der Waals surface area contributed by atoms with Crippen molar-refractivity contribution in [2.24, 2.45) is 17.8 Å². The quantitative estimate of drug-likeness (QED) is 0.781. The molecule has 0 bridgehead atoms. The van der Waals surface area contributed by atoms with Gasteiger partial charge in [-0.05, 0) is 64.0 Å². The van der Waals surface area contributed by atoms with Crippen LogP contribution in [-0.4, -0.2) is 72.3 Å². The highest BCUT2D eigenvalue weighted by molar-refractivity contribution is 5.83. The van der Waals surface area contributed by atoms with Crippen LogP contribution in [0.15, 0.2) is 0 Å². The fourth-order valence-electron chi connectivity index (χ4n) is 4.91. The summed E-state index contributed by atoms with van der Waals surface area (Å²) in [4.78, 5) is 32.0. The molecule has 25 heavy (non-hydrogen) atoms. The number of likely N-dealkylation sites (tertiary alicyclic amines) is 3. The second-order valence-corrected chi connectivity index (χ2v) is 8.70. The van der Waals surface area contributed by atoms with Crippen LogP contribution in [0.25, 0.3) is 0 Å². The van der Waals surface area contributed by atoms with E-state index in [1.54, 1.807) is 0 Å². The van der Waals surface area contributed by atoms with E-state index in [2.05, 4.69) is 9.80 Å². The number of hydrogen-bond acceptors (Lipinski definition) is 3. The summed E-state index contributed by atoms with van der Waals surface area (Å²) in [5, 5.41) is 0. The third-order valence-corrected chi connectivity index (χ3v) is 6.57. The maximum atomic E-state index is 13.0. The fraction of sp³-hybridized carbons (Fsp3) is 0.900. The van der Waals surface area contributed by atoms with Crippen molar-refractivity contribution in [2.75, 3.05) is 45.8 Å². The lowest BCUT2D eigenvalue weighted by molar-refractivity contribution is -0.140. The second-order valence-electron chi connectivity index (χ2n) is 8.70. The first-order chi connectivity index (χ1) is 12.2. The van der Waals surface area contributed by atoms with Crippen molar-refractivity contribution in [3.8, 4) is 0 Å². The van der Waals surface area contributed by atoms with E-state index in [0.29, 0.717) is 24.3 Å². The van der Waals surface area contributed by atoms with E-state index in [4.69, 9.17) is 0 Å². The molecule has 5 heteroatoms. The molecule has 2 unspecified atom stereocenters. The van der Waals surface area contributed by atoms with E-state index in [0.717, 1.165) is 51.7 Å². The van der Waals surface area contributed by atoms with E-state index >= 15 is 0 Å². The van der Waals surface area contributed by atoms with Crippen molar-refractivity contribution in [1.29, 1.82) is 0 Å². The predicted molar refractivity (Wildman–Crippen MR) is 97.0 cm³/mol. The molecule has 1 saturated carbocycles. The van der Waals surface area contributed by atoms with Gasteiger partial charge in [0.2, 0.25) is 11.8 Å². The van der Waals surface area contributed by atoms with Crippen molar-refractivity contribution in [1.82, 2.24) is 14.7 Å². The first kappa shape index (κ1) is 17.3. The number of carbonyl (C=O) groups is 2. The van der Waals surface area contributed by atoms with E-state index in [1.807, 2.05) is 4.90 Å². The average Bonchev–Trinajstić information content (AvgIpc) is 3.41. The molecule has 2 atom stereocenters. The minimum absolute atomic E-state index is 0.0465. The summed E-state index contributed by atoms with van der Waals surface area (Å²) in [5.41, 5.74) is 0. The van der Waals surface area contributed by atoms with Gasteiger partial charge in [-0.1, -0.05) is 6.42 Å². The minimum Gasteiger partial charge on any atom is -0.342 e. The molecule has 4 fully saturated rings. The first-order valence-electron chi connectivity index (χ1n) is 10.5. The Kier molecular flexibility index (Phi) is 5.30. The van der Waals surface area contributed by atoms with Gasteiger partial charge in [0.15, 0.2) is 0 Å². The summed E-state index contributed by atoms with van der Waals surface area (Å²) >= 11 is 0. The molecule has 140 valence electrons. The zero-order valence-corrected chi connectivity index (χ0v) is 15.5. The Morgan fingerprint density at radius 3 is 2.16 bits per heavy atom. The van der Waals surface area contributed by atoms with E-state index in [1.165, 1.54) is 38.9 Å². The van der Waals surface area contributed by atoms with Gasteiger partial charge >= 0.3 is 0 Å². The van der Waals surface area contributed by atoms with Crippen molar-refractivity contribution in [3.63, 3.8) is 0 Å². The van der Waals surface area contributed by atoms with E-state index in [9.17, 15) is 9.59 Å². The Labute approximate surface area is 151 Å². The molecule has 4 aliphatic rings. The van der Waals surface area contributed by atoms with Crippen LogP contribution in [0.4, 0.5) is 0 Å². The molecule has 0 N–H and O–H groups in total. The van der Waals surface area contributed by atoms with Gasteiger partial charge in [0.1, 0.15) is 0 Å². The summed E-state index contributed by atoms with van der Waals surface area (Å²) in [6.45, 7) is 7.03. The van der Waals surface area contributed by atoms with E-state index < -0.39 is 0 Å². The summed E-state index contributed by atoms with van der Waals surface area (Å²) in [7, 11) is 0. The van der Waals surface area contributed by atoms with Crippen LogP contribution in [0, 0.1) is 17.8 Å². The molecule has 3 saturated heterocycles. The van der Waals surface area contributed by atoms with Crippen molar-refractivity contribution < 1.29 is 9.59 Å². The topological polar surface area (TPSA) is 43.9 Å². The van der Waals surface area contributed by atoms with Crippen LogP contribution in [0.1, 0.15) is 51.4 Å². The molecule has 4 rings (SSSR count). The monoisotopic (exact) mass is 347 g/mol. The SMILES string of the molecule is O=C(C1CCCN(C(=O)C2CC2)C1)N1CCC(CN2CCCCC2)C1. The van der Waals surface area contributed by atoms with Gasteiger partial charge in [-0.3, -0.25) is 9.59 Å². The third-order valence-electron chi connectivity index (χ3n) is 6.57. The maximum absolute atomic E-state index is 13.0. The van der Waals surface area contributed by atoms with E-state index in [-0.39, 0.29) is 11.8 Å². The molecule has 0 radical (unpaired) electrons. The van der Waals surface area contributed by atoms with Gasteiger partial charge < -0.3 is 14.7 Å². The highest BCUT2D eigenvalue weighted by Crippen LogP contribution is 2.33. The van der Waals surface area contributed by atoms with Crippen LogP contribution in [0.3, 0.4) is 0 Å². The van der Waals surface area contributed by atoms with Gasteiger partial charge in [-0.15, -0.1) is 0 Å². The van der Waals surface area contributed by atoms with Crippen LogP contribution >= 0.6 is 0 Å². The Morgan fingerprint density at radius 1 is 0.680 bits per heavy atom. The standard InChI is InChI=1S/C20H33N3O2/c24-19(17-6-7-17)22-11-4-5-18(15-22)20(25)23-12-8-16(14-23)13-21-9-2-1-3-10-21/h16-18H,1-15H2. The Hall–Kier alpha value is -1.10. The van der Waals surface area contributed by atoms with Gasteiger partial charge in [0, 0.05) is 38.6 Å². The van der Waals surface area contributed by atoms with Crippen molar-refractivity contribution >= 4 is 11.8 Å². The molecule has 0 aromatic rings. The number of nitrogens with zero attached hydrogens (tertiary/aromatic N) is 3. The van der Waals surface area contributed by atoms with Crippen LogP contribution < -0.4 is 0 Å². The Morgan fingerprint density at radius 2 is 1.40 bits per heavy atom. The van der Waals surface area contributed by atoms with Gasteiger partial charge in [-0.2, -0.15) is 0 Å². The smallest absolute Gasteiger partial charge is 0.227 e. The minimum atomic E-state index is 0.0465. The van der Waals surface area contributed by atoms with Gasteiger partial charge in [0.25, 0.3) is 0 Å². The molecule has 0 aromatic carbocycles. The number of rotatable bonds is 4. The first-order valence-corrected chi connectivity index (χ1v) is 10.5. The van der Waals surface area contributed by atoms with Crippen LogP contribution in [0.5, 0.6) is 0 Å². The highest BCUT2D eigenvalue weighted by Gasteiger charge is 2.38. The zero-order valence-electron chi connectivity index (χ0n) is 15.5. The Balaban J connectivity index is 1.26. The summed E-state index contributed by atoms with van der Waals surface area (Å²) in [6, 6.07) is 0. The molecule has 0 aromatic heterocycles. The summed E-state index contributed by atoms with van der Waals surface area (Å²) in [5.74, 6) is 1.59. The normalized spacial score (nSPS) is 31.4. The molecular weight excluding hydrogens is 314 g/mol.